The Hall–Kier alpha value is -5.15. The molecule has 0 aromatic heterocycles. The van der Waals surface area contributed by atoms with E-state index in [0.29, 0.717) is 0 Å². The van der Waals surface area contributed by atoms with Crippen LogP contribution in [-0.4, -0.2) is 5.91 Å². The highest BCUT2D eigenvalue weighted by molar-refractivity contribution is 6.22. The SMILES string of the molecule is O=C1c2cccc3c(-c4ccccc4)ccc(c23)C2Nc3cc(-c4ccccc4)c(-c4ccccc4)cc3N12. The molecule has 0 aliphatic carbocycles. The Morgan fingerprint density at radius 3 is 1.77 bits per heavy atom. The van der Waals surface area contributed by atoms with Crippen molar-refractivity contribution in [1.29, 1.82) is 0 Å². The summed E-state index contributed by atoms with van der Waals surface area (Å²) in [6.45, 7) is 0. The molecule has 3 nitrogen and oxygen atoms in total. The van der Waals surface area contributed by atoms with Crippen LogP contribution in [-0.2, 0) is 0 Å². The fraction of sp³-hybridized carbons (Fsp3) is 0.0278. The Labute approximate surface area is 227 Å². The molecule has 39 heavy (non-hydrogen) atoms. The van der Waals surface area contributed by atoms with Gasteiger partial charge in [-0.2, -0.15) is 0 Å². The van der Waals surface area contributed by atoms with Gasteiger partial charge in [-0.3, -0.25) is 9.69 Å². The maximum atomic E-state index is 14.2. The summed E-state index contributed by atoms with van der Waals surface area (Å²) in [4.78, 5) is 16.1. The summed E-state index contributed by atoms with van der Waals surface area (Å²) in [5.74, 6) is 0.0287. The van der Waals surface area contributed by atoms with Crippen molar-refractivity contribution in [2.24, 2.45) is 0 Å². The van der Waals surface area contributed by atoms with E-state index in [1.165, 1.54) is 0 Å². The molecule has 0 saturated carbocycles. The molecular weight excluding hydrogens is 476 g/mol. The molecule has 2 heterocycles. The van der Waals surface area contributed by atoms with Gasteiger partial charge in [-0.25, -0.2) is 0 Å². The first-order valence-corrected chi connectivity index (χ1v) is 13.3. The van der Waals surface area contributed by atoms with Crippen molar-refractivity contribution >= 4 is 28.1 Å². The van der Waals surface area contributed by atoms with Crippen LogP contribution in [0.15, 0.2) is 133 Å². The second kappa shape index (κ2) is 8.44. The highest BCUT2D eigenvalue weighted by Crippen LogP contribution is 2.51. The van der Waals surface area contributed by atoms with Crippen molar-refractivity contribution in [1.82, 2.24) is 0 Å². The van der Waals surface area contributed by atoms with Crippen molar-refractivity contribution in [3.63, 3.8) is 0 Å². The third-order valence-electron chi connectivity index (χ3n) is 8.02. The molecule has 8 rings (SSSR count). The molecule has 0 spiro atoms. The number of hydrogen-bond acceptors (Lipinski definition) is 2. The molecule has 1 atom stereocenters. The lowest BCUT2D eigenvalue weighted by atomic mass is 9.88. The number of benzene rings is 6. The number of carbonyl (C=O) groups excluding carboxylic acids is 1. The van der Waals surface area contributed by atoms with Gasteiger partial charge < -0.3 is 5.32 Å². The van der Waals surface area contributed by atoms with E-state index in [2.05, 4.69) is 108 Å². The molecule has 0 fully saturated rings. The molecule has 0 bridgehead atoms. The van der Waals surface area contributed by atoms with Crippen LogP contribution in [0, 0.1) is 0 Å². The quantitative estimate of drug-likeness (QED) is 0.263. The van der Waals surface area contributed by atoms with Crippen LogP contribution < -0.4 is 10.2 Å². The first-order chi connectivity index (χ1) is 19.3. The lowest BCUT2D eigenvalue weighted by molar-refractivity contribution is 0.0980. The lowest BCUT2D eigenvalue weighted by Crippen LogP contribution is -2.37. The number of carbonyl (C=O) groups is 1. The summed E-state index contributed by atoms with van der Waals surface area (Å²) < 4.78 is 0. The van der Waals surface area contributed by atoms with E-state index >= 15 is 0 Å². The first-order valence-electron chi connectivity index (χ1n) is 13.3. The van der Waals surface area contributed by atoms with E-state index in [4.69, 9.17) is 0 Å². The topological polar surface area (TPSA) is 32.3 Å². The van der Waals surface area contributed by atoms with Crippen LogP contribution in [0.5, 0.6) is 0 Å². The molecule has 1 unspecified atom stereocenters. The van der Waals surface area contributed by atoms with E-state index in [1.807, 2.05) is 35.2 Å². The van der Waals surface area contributed by atoms with Gasteiger partial charge in [-0.15, -0.1) is 0 Å². The zero-order valence-electron chi connectivity index (χ0n) is 21.1. The summed E-state index contributed by atoms with van der Waals surface area (Å²) in [5.41, 5.74) is 10.6. The van der Waals surface area contributed by atoms with Gasteiger partial charge in [0, 0.05) is 16.5 Å². The molecule has 1 N–H and O–H groups in total. The third kappa shape index (κ3) is 3.27. The molecule has 3 heteroatoms. The summed E-state index contributed by atoms with van der Waals surface area (Å²) >= 11 is 0. The van der Waals surface area contributed by atoms with Crippen LogP contribution in [0.25, 0.3) is 44.2 Å². The number of nitrogens with zero attached hydrogens (tertiary/aromatic N) is 1. The summed E-state index contributed by atoms with van der Waals surface area (Å²) in [6.07, 6.45) is -0.260. The lowest BCUT2D eigenvalue weighted by Gasteiger charge is -2.32. The maximum Gasteiger partial charge on any atom is 0.260 e. The average Bonchev–Trinajstić information content (AvgIpc) is 3.39. The second-order valence-electron chi connectivity index (χ2n) is 10.2. The minimum absolute atomic E-state index is 0.0287. The minimum Gasteiger partial charge on any atom is -0.359 e. The number of nitrogens with one attached hydrogen (secondary N) is 1. The summed E-state index contributed by atoms with van der Waals surface area (Å²) in [6, 6.07) is 46.2. The number of fused-ring (bicyclic) bond motifs is 4. The zero-order valence-corrected chi connectivity index (χ0v) is 21.1. The number of amides is 1. The Morgan fingerprint density at radius 1 is 0.538 bits per heavy atom. The van der Waals surface area contributed by atoms with Gasteiger partial charge in [0.05, 0.1) is 11.4 Å². The molecule has 6 aromatic rings. The van der Waals surface area contributed by atoms with Gasteiger partial charge in [-0.05, 0) is 57.0 Å². The molecule has 1 amide bonds. The second-order valence-corrected chi connectivity index (χ2v) is 10.2. The van der Waals surface area contributed by atoms with Crippen LogP contribution >= 0.6 is 0 Å². The molecule has 184 valence electrons. The Morgan fingerprint density at radius 2 is 1.13 bits per heavy atom. The number of rotatable bonds is 3. The average molecular weight is 501 g/mol. The highest BCUT2D eigenvalue weighted by Gasteiger charge is 2.41. The monoisotopic (exact) mass is 500 g/mol. The number of hydrogen-bond donors (Lipinski definition) is 1. The van der Waals surface area contributed by atoms with Crippen molar-refractivity contribution < 1.29 is 4.79 Å². The predicted octanol–water partition coefficient (Wildman–Crippen LogP) is 8.93. The molecule has 0 saturated heterocycles. The third-order valence-corrected chi connectivity index (χ3v) is 8.02. The van der Waals surface area contributed by atoms with Crippen LogP contribution in [0.3, 0.4) is 0 Å². The Balaban J connectivity index is 1.33. The van der Waals surface area contributed by atoms with Crippen molar-refractivity contribution in [3.05, 3.63) is 145 Å². The molecule has 2 aliphatic rings. The van der Waals surface area contributed by atoms with Crippen LogP contribution in [0.1, 0.15) is 22.1 Å². The van der Waals surface area contributed by atoms with Crippen molar-refractivity contribution in [2.75, 3.05) is 10.2 Å². The van der Waals surface area contributed by atoms with Crippen LogP contribution in [0.2, 0.25) is 0 Å². The van der Waals surface area contributed by atoms with E-state index in [1.54, 1.807) is 0 Å². The molecular formula is C36H24N2O. The maximum absolute atomic E-state index is 14.2. The number of anilines is 2. The van der Waals surface area contributed by atoms with Gasteiger partial charge in [0.25, 0.3) is 5.91 Å². The smallest absolute Gasteiger partial charge is 0.260 e. The first kappa shape index (κ1) is 21.9. The molecule has 0 radical (unpaired) electrons. The predicted molar refractivity (Wildman–Crippen MR) is 160 cm³/mol. The molecule has 6 aromatic carbocycles. The summed E-state index contributed by atoms with van der Waals surface area (Å²) in [5, 5.41) is 5.87. The highest BCUT2D eigenvalue weighted by atomic mass is 16.2. The Kier molecular flexibility index (Phi) is 4.74. The van der Waals surface area contributed by atoms with Crippen LogP contribution in [0.4, 0.5) is 11.4 Å². The van der Waals surface area contributed by atoms with Crippen molar-refractivity contribution in [3.8, 4) is 33.4 Å². The van der Waals surface area contributed by atoms with Gasteiger partial charge in [0.1, 0.15) is 6.17 Å². The minimum atomic E-state index is -0.260. The normalized spacial score (nSPS) is 15.1. The van der Waals surface area contributed by atoms with Gasteiger partial charge in [0.15, 0.2) is 0 Å². The van der Waals surface area contributed by atoms with Gasteiger partial charge >= 0.3 is 0 Å². The molecule has 2 aliphatic heterocycles. The zero-order chi connectivity index (χ0) is 25.9. The largest absolute Gasteiger partial charge is 0.359 e. The van der Waals surface area contributed by atoms with Crippen molar-refractivity contribution in [2.45, 2.75) is 6.17 Å². The van der Waals surface area contributed by atoms with E-state index in [0.717, 1.165) is 66.7 Å². The van der Waals surface area contributed by atoms with E-state index < -0.39 is 0 Å². The van der Waals surface area contributed by atoms with E-state index in [-0.39, 0.29) is 12.1 Å². The Bertz CT molecular complexity index is 1900. The van der Waals surface area contributed by atoms with Gasteiger partial charge in [0.2, 0.25) is 0 Å². The standard InChI is InChI=1S/C36H24N2O/c39-36-29-18-10-17-27-26(23-11-4-1-5-12-23)19-20-28(34(27)29)35-37-32-21-30(24-13-6-2-7-14-24)31(22-33(32)38(35)36)25-15-8-3-9-16-25/h1-22,35,37H. The van der Waals surface area contributed by atoms with Gasteiger partial charge in [-0.1, -0.05) is 115 Å². The van der Waals surface area contributed by atoms with E-state index in [9.17, 15) is 4.79 Å². The fourth-order valence-corrected chi connectivity index (χ4v) is 6.25. The summed E-state index contributed by atoms with van der Waals surface area (Å²) in [7, 11) is 0. The fourth-order valence-electron chi connectivity index (χ4n) is 6.25.